The van der Waals surface area contributed by atoms with Crippen molar-refractivity contribution in [2.24, 2.45) is 28.5 Å². The van der Waals surface area contributed by atoms with Gasteiger partial charge < -0.3 is 15.8 Å². The molecule has 0 aromatic rings. The number of nitrogens with one attached hydrogen (secondary N) is 1. The Morgan fingerprint density at radius 2 is 1.78 bits per heavy atom. The van der Waals surface area contributed by atoms with E-state index in [2.05, 4.69) is 10.3 Å². The van der Waals surface area contributed by atoms with Crippen LogP contribution in [0.5, 0.6) is 0 Å². The molecule has 4 saturated carbocycles. The van der Waals surface area contributed by atoms with Crippen molar-refractivity contribution in [2.75, 3.05) is 20.3 Å². The minimum Gasteiger partial charge on any atom is -0.383 e. The first-order chi connectivity index (χ1) is 8.69. The highest BCUT2D eigenvalue weighted by Crippen LogP contribution is 2.55. The summed E-state index contributed by atoms with van der Waals surface area (Å²) < 4.78 is 5.00. The van der Waals surface area contributed by atoms with E-state index in [4.69, 9.17) is 10.5 Å². The zero-order valence-corrected chi connectivity index (χ0v) is 11.3. The highest BCUT2D eigenvalue weighted by atomic mass is 16.5. The van der Waals surface area contributed by atoms with Crippen molar-refractivity contribution in [1.29, 1.82) is 0 Å². The van der Waals surface area contributed by atoms with E-state index in [1.165, 1.54) is 38.5 Å². The molecule has 0 aliphatic heterocycles. The van der Waals surface area contributed by atoms with Crippen LogP contribution in [0.2, 0.25) is 0 Å². The SMILES string of the molecule is COCCN=C(N)NC12CC3CC(CC(C3)C1)C2. The summed E-state index contributed by atoms with van der Waals surface area (Å²) in [4.78, 5) is 4.35. The van der Waals surface area contributed by atoms with Crippen LogP contribution in [0.3, 0.4) is 0 Å². The molecule has 4 heteroatoms. The van der Waals surface area contributed by atoms with Crippen LogP contribution in [0.4, 0.5) is 0 Å². The number of aliphatic imine (C=N–C) groups is 1. The lowest BCUT2D eigenvalue weighted by Gasteiger charge is -2.57. The molecule has 0 heterocycles. The smallest absolute Gasteiger partial charge is 0.189 e. The average molecular weight is 251 g/mol. The molecular weight excluding hydrogens is 226 g/mol. The largest absolute Gasteiger partial charge is 0.383 e. The molecular formula is C14H25N3O. The van der Waals surface area contributed by atoms with Gasteiger partial charge in [0.15, 0.2) is 5.96 Å². The molecule has 102 valence electrons. The van der Waals surface area contributed by atoms with Gasteiger partial charge in [0, 0.05) is 12.6 Å². The van der Waals surface area contributed by atoms with Crippen molar-refractivity contribution in [3.63, 3.8) is 0 Å². The molecule has 0 saturated heterocycles. The third-order valence-corrected chi connectivity index (χ3v) is 5.01. The van der Waals surface area contributed by atoms with E-state index in [9.17, 15) is 0 Å². The Bertz CT molecular complexity index is 305. The van der Waals surface area contributed by atoms with E-state index >= 15 is 0 Å². The Balaban J connectivity index is 1.63. The van der Waals surface area contributed by atoms with Crippen molar-refractivity contribution in [3.05, 3.63) is 0 Å². The Morgan fingerprint density at radius 3 is 2.28 bits per heavy atom. The summed E-state index contributed by atoms with van der Waals surface area (Å²) in [6, 6.07) is 0. The molecule has 0 radical (unpaired) electrons. The van der Waals surface area contributed by atoms with Crippen LogP contribution in [-0.4, -0.2) is 31.8 Å². The van der Waals surface area contributed by atoms with E-state index in [0.29, 0.717) is 19.1 Å². The topological polar surface area (TPSA) is 59.6 Å². The number of nitrogens with zero attached hydrogens (tertiary/aromatic N) is 1. The third-order valence-electron chi connectivity index (χ3n) is 5.01. The van der Waals surface area contributed by atoms with Crippen molar-refractivity contribution in [3.8, 4) is 0 Å². The predicted molar refractivity (Wildman–Crippen MR) is 72.4 cm³/mol. The van der Waals surface area contributed by atoms with Gasteiger partial charge in [-0.05, 0) is 56.3 Å². The summed E-state index contributed by atoms with van der Waals surface area (Å²) >= 11 is 0. The van der Waals surface area contributed by atoms with Gasteiger partial charge in [-0.1, -0.05) is 0 Å². The first kappa shape index (κ1) is 12.3. The normalized spacial score (nSPS) is 42.3. The fraction of sp³-hybridized carbons (Fsp3) is 0.929. The second-order valence-corrected chi connectivity index (χ2v) is 6.58. The molecule has 0 aromatic carbocycles. The zero-order chi connectivity index (χ0) is 12.6. The summed E-state index contributed by atoms with van der Waals surface area (Å²) in [5.74, 6) is 3.44. The van der Waals surface area contributed by atoms with Crippen LogP contribution in [0, 0.1) is 17.8 Å². The van der Waals surface area contributed by atoms with Gasteiger partial charge in [0.25, 0.3) is 0 Å². The number of rotatable bonds is 4. The Labute approximate surface area is 109 Å². The van der Waals surface area contributed by atoms with Crippen LogP contribution in [0.1, 0.15) is 38.5 Å². The van der Waals surface area contributed by atoms with E-state index in [1.807, 2.05) is 0 Å². The molecule has 0 aromatic heterocycles. The van der Waals surface area contributed by atoms with Crippen LogP contribution in [0.15, 0.2) is 4.99 Å². The molecule has 0 amide bonds. The quantitative estimate of drug-likeness (QED) is 0.452. The first-order valence-electron chi connectivity index (χ1n) is 7.26. The lowest BCUT2D eigenvalue weighted by Crippen LogP contribution is -2.61. The molecule has 3 N–H and O–H groups in total. The van der Waals surface area contributed by atoms with E-state index in [0.717, 1.165) is 17.8 Å². The fourth-order valence-electron chi connectivity index (χ4n) is 4.83. The van der Waals surface area contributed by atoms with Crippen molar-refractivity contribution >= 4 is 5.96 Å². The number of methoxy groups -OCH3 is 1. The van der Waals surface area contributed by atoms with Gasteiger partial charge in [-0.25, -0.2) is 0 Å². The molecule has 0 atom stereocenters. The van der Waals surface area contributed by atoms with Crippen LogP contribution in [-0.2, 0) is 4.74 Å². The molecule has 18 heavy (non-hydrogen) atoms. The van der Waals surface area contributed by atoms with E-state index in [-0.39, 0.29) is 5.54 Å². The third kappa shape index (κ3) is 2.35. The summed E-state index contributed by atoms with van der Waals surface area (Å²) in [6.45, 7) is 1.30. The molecule has 4 fully saturated rings. The monoisotopic (exact) mass is 251 g/mol. The lowest BCUT2D eigenvalue weighted by atomic mass is 9.53. The van der Waals surface area contributed by atoms with Crippen LogP contribution < -0.4 is 11.1 Å². The van der Waals surface area contributed by atoms with Gasteiger partial charge in [0.1, 0.15) is 0 Å². The molecule has 4 rings (SSSR count). The second-order valence-electron chi connectivity index (χ2n) is 6.58. The molecule has 4 bridgehead atoms. The lowest BCUT2D eigenvalue weighted by molar-refractivity contribution is -0.0102. The van der Waals surface area contributed by atoms with Gasteiger partial charge in [-0.3, -0.25) is 4.99 Å². The van der Waals surface area contributed by atoms with Crippen molar-refractivity contribution in [2.45, 2.75) is 44.1 Å². The minimum absolute atomic E-state index is 0.273. The number of hydrogen-bond acceptors (Lipinski definition) is 2. The molecule has 0 unspecified atom stereocenters. The average Bonchev–Trinajstić information content (AvgIpc) is 2.26. The van der Waals surface area contributed by atoms with Crippen LogP contribution >= 0.6 is 0 Å². The minimum atomic E-state index is 0.273. The Kier molecular flexibility index (Phi) is 3.22. The molecule has 4 aliphatic carbocycles. The number of guanidine groups is 1. The molecule has 4 aliphatic rings. The van der Waals surface area contributed by atoms with E-state index in [1.54, 1.807) is 7.11 Å². The van der Waals surface area contributed by atoms with Crippen molar-refractivity contribution in [1.82, 2.24) is 5.32 Å². The van der Waals surface area contributed by atoms with Crippen molar-refractivity contribution < 1.29 is 4.74 Å². The first-order valence-corrected chi connectivity index (χ1v) is 7.26. The number of hydrogen-bond donors (Lipinski definition) is 2. The maximum absolute atomic E-state index is 6.02. The highest BCUT2D eigenvalue weighted by molar-refractivity contribution is 5.78. The summed E-state index contributed by atoms with van der Waals surface area (Å²) in [5.41, 5.74) is 6.29. The fourth-order valence-corrected chi connectivity index (χ4v) is 4.83. The highest BCUT2D eigenvalue weighted by Gasteiger charge is 2.51. The number of ether oxygens (including phenoxy) is 1. The number of nitrogens with two attached hydrogens (primary N) is 1. The second kappa shape index (κ2) is 4.72. The molecule has 0 spiro atoms. The molecule has 4 nitrogen and oxygen atoms in total. The zero-order valence-electron chi connectivity index (χ0n) is 11.3. The van der Waals surface area contributed by atoms with E-state index < -0.39 is 0 Å². The standard InChI is InChI=1S/C14H25N3O/c1-18-3-2-16-13(15)17-14-7-10-4-11(8-14)6-12(5-10)9-14/h10-12H,2-9H2,1H3,(H3,15,16,17). The van der Waals surface area contributed by atoms with Gasteiger partial charge in [-0.2, -0.15) is 0 Å². The maximum atomic E-state index is 6.02. The summed E-state index contributed by atoms with van der Waals surface area (Å²) in [5, 5.41) is 3.56. The van der Waals surface area contributed by atoms with Gasteiger partial charge in [-0.15, -0.1) is 0 Å². The van der Waals surface area contributed by atoms with Crippen LogP contribution in [0.25, 0.3) is 0 Å². The predicted octanol–water partition coefficient (Wildman–Crippen LogP) is 1.51. The summed E-state index contributed by atoms with van der Waals surface area (Å²) in [6.07, 6.45) is 8.30. The van der Waals surface area contributed by atoms with Gasteiger partial charge in [0.2, 0.25) is 0 Å². The Hall–Kier alpha value is -0.770. The summed E-state index contributed by atoms with van der Waals surface area (Å²) in [7, 11) is 1.69. The maximum Gasteiger partial charge on any atom is 0.189 e. The Morgan fingerprint density at radius 1 is 1.22 bits per heavy atom. The van der Waals surface area contributed by atoms with Gasteiger partial charge in [0.05, 0.1) is 13.2 Å². The van der Waals surface area contributed by atoms with Gasteiger partial charge >= 0.3 is 0 Å².